The molecule has 108 valence electrons. The van der Waals surface area contributed by atoms with Crippen molar-refractivity contribution in [3.05, 3.63) is 41.5 Å². The first-order valence-corrected chi connectivity index (χ1v) is 6.54. The molecule has 1 rings (SSSR count). The van der Waals surface area contributed by atoms with Crippen molar-refractivity contribution >= 4 is 18.0 Å². The van der Waals surface area contributed by atoms with Gasteiger partial charge in [-0.3, -0.25) is 0 Å². The van der Waals surface area contributed by atoms with Gasteiger partial charge in [0.2, 0.25) is 0 Å². The summed E-state index contributed by atoms with van der Waals surface area (Å²) in [6.45, 7) is 10.7. The second-order valence-electron chi connectivity index (χ2n) is 4.88. The van der Waals surface area contributed by atoms with Crippen LogP contribution in [0.3, 0.4) is 0 Å². The molecular formula is C16H20O4. The minimum atomic E-state index is -0.550. The maximum Gasteiger partial charge on any atom is 0.339 e. The summed E-state index contributed by atoms with van der Waals surface area (Å²) in [5, 5.41) is 0. The number of benzene rings is 1. The Labute approximate surface area is 119 Å². The van der Waals surface area contributed by atoms with Gasteiger partial charge < -0.3 is 9.47 Å². The van der Waals surface area contributed by atoms with E-state index in [1.54, 1.807) is 45.9 Å². The summed E-state index contributed by atoms with van der Waals surface area (Å²) in [4.78, 5) is 24.2. The molecule has 0 aliphatic carbocycles. The minimum Gasteiger partial charge on any atom is -0.459 e. The summed E-state index contributed by atoms with van der Waals surface area (Å²) in [6, 6.07) is 4.94. The first kappa shape index (κ1) is 16.0. The van der Waals surface area contributed by atoms with E-state index in [0.717, 1.165) is 0 Å². The lowest BCUT2D eigenvalue weighted by Gasteiger charge is -2.14. The van der Waals surface area contributed by atoms with E-state index in [0.29, 0.717) is 5.56 Å². The quantitative estimate of drug-likeness (QED) is 0.773. The highest BCUT2D eigenvalue weighted by Gasteiger charge is 2.23. The maximum atomic E-state index is 12.2. The Kier molecular flexibility index (Phi) is 5.50. The minimum absolute atomic E-state index is 0.196. The smallest absolute Gasteiger partial charge is 0.339 e. The van der Waals surface area contributed by atoms with Gasteiger partial charge >= 0.3 is 11.9 Å². The molecule has 0 radical (unpaired) electrons. The average molecular weight is 276 g/mol. The lowest BCUT2D eigenvalue weighted by molar-refractivity contribution is 0.0327. The molecule has 0 unspecified atom stereocenters. The molecule has 1 aromatic rings. The molecule has 4 heteroatoms. The zero-order valence-corrected chi connectivity index (χ0v) is 12.3. The molecule has 0 fully saturated rings. The van der Waals surface area contributed by atoms with Gasteiger partial charge in [-0.2, -0.15) is 0 Å². The molecule has 20 heavy (non-hydrogen) atoms. The van der Waals surface area contributed by atoms with E-state index in [2.05, 4.69) is 6.58 Å². The normalized spacial score (nSPS) is 10.5. The van der Waals surface area contributed by atoms with E-state index in [1.807, 2.05) is 0 Å². The van der Waals surface area contributed by atoms with E-state index in [4.69, 9.17) is 9.47 Å². The molecule has 0 saturated carbocycles. The Morgan fingerprint density at radius 1 is 1.05 bits per heavy atom. The van der Waals surface area contributed by atoms with E-state index in [-0.39, 0.29) is 23.3 Å². The van der Waals surface area contributed by atoms with Crippen LogP contribution in [0, 0.1) is 0 Å². The molecular weight excluding hydrogens is 256 g/mol. The van der Waals surface area contributed by atoms with Gasteiger partial charge in [0.1, 0.15) is 0 Å². The van der Waals surface area contributed by atoms with E-state index < -0.39 is 11.9 Å². The molecule has 0 atom stereocenters. The summed E-state index contributed by atoms with van der Waals surface area (Å²) < 4.78 is 10.3. The van der Waals surface area contributed by atoms with Gasteiger partial charge in [0, 0.05) is 0 Å². The van der Waals surface area contributed by atoms with Crippen LogP contribution in [-0.2, 0) is 9.47 Å². The van der Waals surface area contributed by atoms with Gasteiger partial charge in [0.05, 0.1) is 23.3 Å². The van der Waals surface area contributed by atoms with Crippen LogP contribution in [0.2, 0.25) is 0 Å². The topological polar surface area (TPSA) is 52.6 Å². The van der Waals surface area contributed by atoms with Gasteiger partial charge in [-0.05, 0) is 39.3 Å². The molecule has 0 aliphatic heterocycles. The molecule has 0 spiro atoms. The van der Waals surface area contributed by atoms with E-state index in [9.17, 15) is 9.59 Å². The Hall–Kier alpha value is -2.10. The molecule has 0 N–H and O–H groups in total. The van der Waals surface area contributed by atoms with Gasteiger partial charge in [-0.15, -0.1) is 0 Å². The first-order chi connectivity index (χ1) is 9.36. The number of rotatable bonds is 5. The molecule has 0 heterocycles. The third-order valence-corrected chi connectivity index (χ3v) is 2.43. The van der Waals surface area contributed by atoms with Crippen LogP contribution in [0.4, 0.5) is 0 Å². The van der Waals surface area contributed by atoms with Gasteiger partial charge in [-0.25, -0.2) is 9.59 Å². The van der Waals surface area contributed by atoms with Crippen molar-refractivity contribution in [1.82, 2.24) is 0 Å². The standard InChI is InChI=1S/C16H20O4/c1-6-12-8-7-9-13(15(17)19-10(2)3)14(12)16(18)20-11(4)5/h6-11H,1H2,2-5H3. The number of ether oxygens (including phenoxy) is 2. The lowest BCUT2D eigenvalue weighted by atomic mass is 10.0. The summed E-state index contributed by atoms with van der Waals surface area (Å²) in [5.74, 6) is -1.09. The molecule has 4 nitrogen and oxygen atoms in total. The lowest BCUT2D eigenvalue weighted by Crippen LogP contribution is -2.19. The largest absolute Gasteiger partial charge is 0.459 e. The van der Waals surface area contributed by atoms with Crippen molar-refractivity contribution < 1.29 is 19.1 Å². The molecule has 0 aliphatic rings. The zero-order chi connectivity index (χ0) is 15.3. The van der Waals surface area contributed by atoms with Crippen LogP contribution >= 0.6 is 0 Å². The molecule has 0 amide bonds. The number of carbonyl (C=O) groups is 2. The molecule has 1 aromatic carbocycles. The summed E-state index contributed by atoms with van der Waals surface area (Å²) in [6.07, 6.45) is 0.987. The van der Waals surface area contributed by atoms with Crippen molar-refractivity contribution in [2.75, 3.05) is 0 Å². The predicted molar refractivity (Wildman–Crippen MR) is 77.6 cm³/mol. The fourth-order valence-electron chi connectivity index (χ4n) is 1.69. The second-order valence-corrected chi connectivity index (χ2v) is 4.88. The van der Waals surface area contributed by atoms with Gasteiger partial charge in [0.25, 0.3) is 0 Å². The summed E-state index contributed by atoms with van der Waals surface area (Å²) >= 11 is 0. The number of hydrogen-bond donors (Lipinski definition) is 0. The van der Waals surface area contributed by atoms with Crippen molar-refractivity contribution in [3.8, 4) is 0 Å². The summed E-state index contributed by atoms with van der Waals surface area (Å²) in [5.41, 5.74) is 0.942. The van der Waals surface area contributed by atoms with E-state index in [1.165, 1.54) is 6.08 Å². The predicted octanol–water partition coefficient (Wildman–Crippen LogP) is 3.46. The molecule has 0 aromatic heterocycles. The highest BCUT2D eigenvalue weighted by Crippen LogP contribution is 2.20. The number of carbonyl (C=O) groups excluding carboxylic acids is 2. The summed E-state index contributed by atoms with van der Waals surface area (Å²) in [7, 11) is 0. The Bertz CT molecular complexity index is 515. The van der Waals surface area contributed by atoms with Crippen LogP contribution in [0.1, 0.15) is 54.0 Å². The van der Waals surface area contributed by atoms with Crippen molar-refractivity contribution in [1.29, 1.82) is 0 Å². The first-order valence-electron chi connectivity index (χ1n) is 6.54. The fourth-order valence-corrected chi connectivity index (χ4v) is 1.69. The Balaban J connectivity index is 3.27. The van der Waals surface area contributed by atoms with Crippen molar-refractivity contribution in [3.63, 3.8) is 0 Å². The van der Waals surface area contributed by atoms with E-state index >= 15 is 0 Å². The average Bonchev–Trinajstić information content (AvgIpc) is 2.35. The van der Waals surface area contributed by atoms with Gasteiger partial charge in [0.15, 0.2) is 0 Å². The highest BCUT2D eigenvalue weighted by molar-refractivity contribution is 6.05. The Morgan fingerprint density at radius 3 is 2.10 bits per heavy atom. The maximum absolute atomic E-state index is 12.2. The van der Waals surface area contributed by atoms with Crippen LogP contribution in [-0.4, -0.2) is 24.1 Å². The van der Waals surface area contributed by atoms with Crippen LogP contribution in [0.25, 0.3) is 6.08 Å². The van der Waals surface area contributed by atoms with Crippen LogP contribution in [0.15, 0.2) is 24.8 Å². The number of esters is 2. The number of hydrogen-bond acceptors (Lipinski definition) is 4. The highest BCUT2D eigenvalue weighted by atomic mass is 16.5. The monoisotopic (exact) mass is 276 g/mol. The molecule has 0 saturated heterocycles. The second kappa shape index (κ2) is 6.89. The van der Waals surface area contributed by atoms with Gasteiger partial charge in [-0.1, -0.05) is 24.8 Å². The third kappa shape index (κ3) is 3.95. The van der Waals surface area contributed by atoms with Crippen molar-refractivity contribution in [2.24, 2.45) is 0 Å². The van der Waals surface area contributed by atoms with Crippen molar-refractivity contribution in [2.45, 2.75) is 39.9 Å². The zero-order valence-electron chi connectivity index (χ0n) is 12.3. The SMILES string of the molecule is C=Cc1cccc(C(=O)OC(C)C)c1C(=O)OC(C)C. The van der Waals surface area contributed by atoms with Crippen LogP contribution in [0.5, 0.6) is 0 Å². The Morgan fingerprint density at radius 2 is 1.60 bits per heavy atom. The fraction of sp³-hybridized carbons (Fsp3) is 0.375. The van der Waals surface area contributed by atoms with Crippen LogP contribution < -0.4 is 0 Å². The molecule has 0 bridgehead atoms. The third-order valence-electron chi connectivity index (χ3n) is 2.43.